The summed E-state index contributed by atoms with van der Waals surface area (Å²) in [7, 11) is 1.50. The number of carbonyl (C=O) groups is 1. The predicted octanol–water partition coefficient (Wildman–Crippen LogP) is 4.06. The molecule has 0 radical (unpaired) electrons. The molecule has 0 aliphatic carbocycles. The van der Waals surface area contributed by atoms with Crippen molar-refractivity contribution in [1.29, 1.82) is 0 Å². The van der Waals surface area contributed by atoms with Crippen LogP contribution in [-0.2, 0) is 16.9 Å². The zero-order valence-corrected chi connectivity index (χ0v) is 18.8. The van der Waals surface area contributed by atoms with E-state index >= 15 is 0 Å². The van der Waals surface area contributed by atoms with Crippen molar-refractivity contribution in [3.05, 3.63) is 44.2 Å². The van der Waals surface area contributed by atoms with Crippen LogP contribution in [0.5, 0.6) is 5.75 Å². The fourth-order valence-corrected chi connectivity index (χ4v) is 4.81. The Kier molecular flexibility index (Phi) is 6.83. The standard InChI is InChI=1S/C21H27ClN2O4S/c1-13-18(21(2,3)26)29-20(24(13)12-15-7-5-6-10-28-15)23-19(25)16-11-14(22)8-9-17(16)27-4/h8-9,11,15,26H,5-7,10,12H2,1-4H3. The van der Waals surface area contributed by atoms with E-state index in [-0.39, 0.29) is 6.10 Å². The Bertz CT molecular complexity index is 953. The monoisotopic (exact) mass is 438 g/mol. The molecule has 8 heteroatoms. The zero-order chi connectivity index (χ0) is 21.2. The van der Waals surface area contributed by atoms with E-state index < -0.39 is 11.5 Å². The van der Waals surface area contributed by atoms with E-state index in [1.165, 1.54) is 18.4 Å². The number of aromatic nitrogens is 1. The number of nitrogens with zero attached hydrogens (tertiary/aromatic N) is 2. The minimum absolute atomic E-state index is 0.0708. The number of carbonyl (C=O) groups excluding carboxylic acids is 1. The number of rotatable bonds is 5. The number of benzene rings is 1. The van der Waals surface area contributed by atoms with Crippen molar-refractivity contribution < 1.29 is 19.4 Å². The van der Waals surface area contributed by atoms with Gasteiger partial charge in [-0.25, -0.2) is 0 Å². The van der Waals surface area contributed by atoms with Crippen molar-refractivity contribution in [1.82, 2.24) is 4.57 Å². The molecule has 1 aromatic heterocycles. The molecular formula is C21H27ClN2O4S. The van der Waals surface area contributed by atoms with Gasteiger partial charge in [0.1, 0.15) is 5.75 Å². The molecular weight excluding hydrogens is 412 g/mol. The van der Waals surface area contributed by atoms with E-state index in [1.807, 2.05) is 11.5 Å². The SMILES string of the molecule is COc1ccc(Cl)cc1C(=O)N=c1sc(C(C)(C)O)c(C)n1CC1CCCCO1. The summed E-state index contributed by atoms with van der Waals surface area (Å²) < 4.78 is 13.2. The average Bonchev–Trinajstić information content (AvgIpc) is 2.98. The van der Waals surface area contributed by atoms with Gasteiger partial charge in [-0.2, -0.15) is 4.99 Å². The van der Waals surface area contributed by atoms with Crippen molar-refractivity contribution in [2.75, 3.05) is 13.7 Å². The van der Waals surface area contributed by atoms with Crippen LogP contribution in [0.25, 0.3) is 0 Å². The lowest BCUT2D eigenvalue weighted by Crippen LogP contribution is -2.30. The highest BCUT2D eigenvalue weighted by Crippen LogP contribution is 2.28. The largest absolute Gasteiger partial charge is 0.496 e. The summed E-state index contributed by atoms with van der Waals surface area (Å²) in [6.07, 6.45) is 3.23. The molecule has 2 heterocycles. The van der Waals surface area contributed by atoms with Gasteiger partial charge in [0, 0.05) is 17.3 Å². The van der Waals surface area contributed by atoms with E-state index in [2.05, 4.69) is 4.99 Å². The van der Waals surface area contributed by atoms with Gasteiger partial charge in [0.15, 0.2) is 4.80 Å². The fourth-order valence-electron chi connectivity index (χ4n) is 3.50. The Morgan fingerprint density at radius 2 is 2.21 bits per heavy atom. The molecule has 1 amide bonds. The Balaban J connectivity index is 2.07. The molecule has 1 aliphatic heterocycles. The molecule has 29 heavy (non-hydrogen) atoms. The summed E-state index contributed by atoms with van der Waals surface area (Å²) in [4.78, 5) is 18.6. The first kappa shape index (κ1) is 22.0. The second kappa shape index (κ2) is 9.00. The van der Waals surface area contributed by atoms with Crippen molar-refractivity contribution in [3.8, 4) is 5.75 Å². The number of ether oxygens (including phenoxy) is 2. The Hall–Kier alpha value is -1.67. The summed E-state index contributed by atoms with van der Waals surface area (Å²) in [5.74, 6) is -0.0208. The summed E-state index contributed by atoms with van der Waals surface area (Å²) in [5, 5.41) is 11.0. The summed E-state index contributed by atoms with van der Waals surface area (Å²) in [6.45, 7) is 6.75. The highest BCUT2D eigenvalue weighted by molar-refractivity contribution is 7.09. The van der Waals surface area contributed by atoms with Crippen LogP contribution in [0.4, 0.5) is 0 Å². The van der Waals surface area contributed by atoms with E-state index in [1.54, 1.807) is 32.0 Å². The van der Waals surface area contributed by atoms with Gasteiger partial charge in [0.25, 0.3) is 5.91 Å². The van der Waals surface area contributed by atoms with Crippen LogP contribution < -0.4 is 9.54 Å². The van der Waals surface area contributed by atoms with E-state index in [0.29, 0.717) is 27.7 Å². The molecule has 1 unspecified atom stereocenters. The van der Waals surface area contributed by atoms with Crippen molar-refractivity contribution in [3.63, 3.8) is 0 Å². The molecule has 0 saturated carbocycles. The number of aliphatic hydroxyl groups is 1. The lowest BCUT2D eigenvalue weighted by molar-refractivity contribution is 0.00498. The van der Waals surface area contributed by atoms with E-state index in [4.69, 9.17) is 21.1 Å². The van der Waals surface area contributed by atoms with Gasteiger partial charge in [-0.3, -0.25) is 4.79 Å². The van der Waals surface area contributed by atoms with Crippen molar-refractivity contribution in [2.24, 2.45) is 4.99 Å². The number of halogens is 1. The number of methoxy groups -OCH3 is 1. The smallest absolute Gasteiger partial charge is 0.283 e. The fraction of sp³-hybridized carbons (Fsp3) is 0.524. The molecule has 1 aromatic carbocycles. The average molecular weight is 439 g/mol. The maximum Gasteiger partial charge on any atom is 0.283 e. The molecule has 0 spiro atoms. The Labute approximate surface area is 179 Å². The van der Waals surface area contributed by atoms with Crippen LogP contribution in [0.15, 0.2) is 23.2 Å². The third kappa shape index (κ3) is 5.09. The lowest BCUT2D eigenvalue weighted by Gasteiger charge is -2.24. The van der Waals surface area contributed by atoms with Gasteiger partial charge in [-0.15, -0.1) is 0 Å². The number of amides is 1. The molecule has 158 valence electrons. The third-order valence-electron chi connectivity index (χ3n) is 4.96. The van der Waals surface area contributed by atoms with Crippen LogP contribution in [0, 0.1) is 6.92 Å². The zero-order valence-electron chi connectivity index (χ0n) is 17.2. The first-order chi connectivity index (χ1) is 13.7. The van der Waals surface area contributed by atoms with Crippen LogP contribution in [-0.4, -0.2) is 35.4 Å². The molecule has 3 rings (SSSR count). The van der Waals surface area contributed by atoms with Crippen LogP contribution in [0.1, 0.15) is 54.0 Å². The van der Waals surface area contributed by atoms with Gasteiger partial charge >= 0.3 is 0 Å². The van der Waals surface area contributed by atoms with Gasteiger partial charge < -0.3 is 19.1 Å². The minimum atomic E-state index is -1.03. The molecule has 1 saturated heterocycles. The van der Waals surface area contributed by atoms with Gasteiger partial charge in [0.2, 0.25) is 0 Å². The second-order valence-electron chi connectivity index (χ2n) is 7.72. The molecule has 1 fully saturated rings. The summed E-state index contributed by atoms with van der Waals surface area (Å²) in [6, 6.07) is 4.87. The van der Waals surface area contributed by atoms with Crippen molar-refractivity contribution >= 4 is 28.8 Å². The molecule has 1 atom stereocenters. The maximum atomic E-state index is 13.0. The maximum absolute atomic E-state index is 13.0. The predicted molar refractivity (Wildman–Crippen MR) is 114 cm³/mol. The normalized spacial score (nSPS) is 18.1. The lowest BCUT2D eigenvalue weighted by atomic mass is 10.1. The molecule has 2 aromatic rings. The number of hydrogen-bond donors (Lipinski definition) is 1. The summed E-state index contributed by atoms with van der Waals surface area (Å²) in [5.41, 5.74) is 0.159. The number of hydrogen-bond acceptors (Lipinski definition) is 5. The van der Waals surface area contributed by atoms with Crippen LogP contribution in [0.3, 0.4) is 0 Å². The highest BCUT2D eigenvalue weighted by atomic mass is 35.5. The third-order valence-corrected chi connectivity index (χ3v) is 6.69. The number of thiazole rings is 1. The van der Waals surface area contributed by atoms with Gasteiger partial charge in [-0.1, -0.05) is 22.9 Å². The Morgan fingerprint density at radius 1 is 1.45 bits per heavy atom. The molecule has 1 aliphatic rings. The van der Waals surface area contributed by atoms with Crippen LogP contribution in [0.2, 0.25) is 5.02 Å². The van der Waals surface area contributed by atoms with E-state index in [9.17, 15) is 9.90 Å². The van der Waals surface area contributed by atoms with Gasteiger partial charge in [-0.05, 0) is 58.2 Å². The first-order valence-electron chi connectivity index (χ1n) is 9.68. The van der Waals surface area contributed by atoms with Crippen LogP contribution >= 0.6 is 22.9 Å². The topological polar surface area (TPSA) is 73.0 Å². The highest BCUT2D eigenvalue weighted by Gasteiger charge is 2.26. The summed E-state index contributed by atoms with van der Waals surface area (Å²) >= 11 is 7.39. The molecule has 6 nitrogen and oxygen atoms in total. The molecule has 0 bridgehead atoms. The van der Waals surface area contributed by atoms with Crippen molar-refractivity contribution in [2.45, 2.75) is 58.3 Å². The van der Waals surface area contributed by atoms with Gasteiger partial charge in [0.05, 0.1) is 35.8 Å². The second-order valence-corrected chi connectivity index (χ2v) is 9.13. The first-order valence-corrected chi connectivity index (χ1v) is 10.9. The minimum Gasteiger partial charge on any atom is -0.496 e. The molecule has 1 N–H and O–H groups in total. The van der Waals surface area contributed by atoms with E-state index in [0.717, 1.165) is 36.4 Å². The Morgan fingerprint density at radius 3 is 2.83 bits per heavy atom. The quantitative estimate of drug-likeness (QED) is 0.764.